The summed E-state index contributed by atoms with van der Waals surface area (Å²) in [6, 6.07) is 1.79. The molecule has 1 aromatic heterocycles. The SMILES string of the molecule is CC(CCl)CNc1cc(OC(C)C)ncn1. The fourth-order valence-electron chi connectivity index (χ4n) is 1.08. The summed E-state index contributed by atoms with van der Waals surface area (Å²) < 4.78 is 5.47. The van der Waals surface area contributed by atoms with Crippen LogP contribution < -0.4 is 10.1 Å². The number of alkyl halides is 1. The van der Waals surface area contributed by atoms with Crippen LogP contribution in [0.4, 0.5) is 5.82 Å². The first-order valence-electron chi connectivity index (χ1n) is 5.40. The minimum Gasteiger partial charge on any atom is -0.475 e. The van der Waals surface area contributed by atoms with Gasteiger partial charge in [0.2, 0.25) is 5.88 Å². The molecular weight excluding hydrogens is 226 g/mol. The quantitative estimate of drug-likeness (QED) is 0.780. The number of aromatic nitrogens is 2. The maximum Gasteiger partial charge on any atom is 0.218 e. The van der Waals surface area contributed by atoms with E-state index in [1.807, 2.05) is 13.8 Å². The van der Waals surface area contributed by atoms with Crippen molar-refractivity contribution >= 4 is 17.4 Å². The molecule has 0 aromatic carbocycles. The normalized spacial score (nSPS) is 12.6. The van der Waals surface area contributed by atoms with E-state index in [0.717, 1.165) is 12.4 Å². The van der Waals surface area contributed by atoms with Crippen molar-refractivity contribution in [2.24, 2.45) is 5.92 Å². The molecule has 0 saturated heterocycles. The van der Waals surface area contributed by atoms with Crippen molar-refractivity contribution in [1.29, 1.82) is 0 Å². The third-order valence-corrected chi connectivity index (χ3v) is 2.42. The lowest BCUT2D eigenvalue weighted by Crippen LogP contribution is -2.14. The van der Waals surface area contributed by atoms with Gasteiger partial charge in [0, 0.05) is 18.5 Å². The minimum absolute atomic E-state index is 0.115. The van der Waals surface area contributed by atoms with Gasteiger partial charge in [0.15, 0.2) is 0 Å². The summed E-state index contributed by atoms with van der Waals surface area (Å²) in [5.41, 5.74) is 0. The summed E-state index contributed by atoms with van der Waals surface area (Å²) in [6.45, 7) is 6.80. The smallest absolute Gasteiger partial charge is 0.218 e. The van der Waals surface area contributed by atoms with Crippen molar-refractivity contribution in [3.8, 4) is 5.88 Å². The van der Waals surface area contributed by atoms with Crippen LogP contribution >= 0.6 is 11.6 Å². The Hall–Kier alpha value is -1.03. The number of hydrogen-bond acceptors (Lipinski definition) is 4. The van der Waals surface area contributed by atoms with Crippen molar-refractivity contribution in [2.45, 2.75) is 26.9 Å². The van der Waals surface area contributed by atoms with Gasteiger partial charge in [-0.15, -0.1) is 11.6 Å². The molecule has 0 aliphatic rings. The Kier molecular flexibility index (Phi) is 5.32. The molecule has 0 spiro atoms. The molecule has 1 aromatic rings. The first-order chi connectivity index (χ1) is 7.61. The summed E-state index contributed by atoms with van der Waals surface area (Å²) in [5, 5.41) is 3.19. The van der Waals surface area contributed by atoms with Crippen molar-refractivity contribution in [2.75, 3.05) is 17.7 Å². The molecule has 16 heavy (non-hydrogen) atoms. The lowest BCUT2D eigenvalue weighted by atomic mass is 10.2. The number of anilines is 1. The first kappa shape index (κ1) is 13.0. The highest BCUT2D eigenvalue weighted by atomic mass is 35.5. The molecule has 1 N–H and O–H groups in total. The van der Waals surface area contributed by atoms with E-state index in [0.29, 0.717) is 17.7 Å². The lowest BCUT2D eigenvalue weighted by Gasteiger charge is -2.12. The summed E-state index contributed by atoms with van der Waals surface area (Å²) in [6.07, 6.45) is 1.61. The molecule has 0 saturated carbocycles. The predicted molar refractivity (Wildman–Crippen MR) is 66.2 cm³/mol. The van der Waals surface area contributed by atoms with Crippen LogP contribution in [0.25, 0.3) is 0 Å². The van der Waals surface area contributed by atoms with Gasteiger partial charge in [-0.2, -0.15) is 0 Å². The molecule has 0 fully saturated rings. The van der Waals surface area contributed by atoms with E-state index in [-0.39, 0.29) is 6.10 Å². The molecule has 1 unspecified atom stereocenters. The van der Waals surface area contributed by atoms with Crippen molar-refractivity contribution in [3.05, 3.63) is 12.4 Å². The van der Waals surface area contributed by atoms with Crippen molar-refractivity contribution < 1.29 is 4.74 Å². The summed E-state index contributed by atoms with van der Waals surface area (Å²) in [5.74, 6) is 2.40. The molecule has 0 aliphatic heterocycles. The van der Waals surface area contributed by atoms with E-state index in [4.69, 9.17) is 16.3 Å². The standard InChI is InChI=1S/C11H18ClN3O/c1-8(2)16-11-4-10(14-7-15-11)13-6-9(3)5-12/h4,7-9H,5-6H2,1-3H3,(H,13,14,15). The van der Waals surface area contributed by atoms with Crippen LogP contribution in [0.3, 0.4) is 0 Å². The van der Waals surface area contributed by atoms with E-state index >= 15 is 0 Å². The maximum absolute atomic E-state index is 5.72. The number of hydrogen-bond donors (Lipinski definition) is 1. The van der Waals surface area contributed by atoms with Crippen LogP contribution in [-0.2, 0) is 0 Å². The highest BCUT2D eigenvalue weighted by Crippen LogP contribution is 2.13. The predicted octanol–water partition coefficient (Wildman–Crippen LogP) is 2.55. The average molecular weight is 244 g/mol. The van der Waals surface area contributed by atoms with Crippen LogP contribution in [0.2, 0.25) is 0 Å². The van der Waals surface area contributed by atoms with Crippen molar-refractivity contribution in [1.82, 2.24) is 9.97 Å². The highest BCUT2D eigenvalue weighted by molar-refractivity contribution is 6.18. The van der Waals surface area contributed by atoms with Crippen molar-refractivity contribution in [3.63, 3.8) is 0 Å². The Morgan fingerprint density at radius 1 is 1.38 bits per heavy atom. The van der Waals surface area contributed by atoms with Gasteiger partial charge in [0.05, 0.1) is 6.10 Å². The molecule has 1 heterocycles. The number of halogens is 1. The molecule has 0 amide bonds. The monoisotopic (exact) mass is 243 g/mol. The first-order valence-corrected chi connectivity index (χ1v) is 5.93. The Morgan fingerprint density at radius 3 is 2.75 bits per heavy atom. The number of nitrogens with zero attached hydrogens (tertiary/aromatic N) is 2. The molecule has 1 atom stereocenters. The Morgan fingerprint density at radius 2 is 2.12 bits per heavy atom. The largest absolute Gasteiger partial charge is 0.475 e. The Labute approximate surface area is 101 Å². The summed E-state index contributed by atoms with van der Waals surface area (Å²) in [4.78, 5) is 8.14. The second-order valence-corrected chi connectivity index (χ2v) is 4.36. The van der Waals surface area contributed by atoms with Gasteiger partial charge < -0.3 is 10.1 Å². The maximum atomic E-state index is 5.72. The zero-order valence-corrected chi connectivity index (χ0v) is 10.7. The van der Waals surface area contributed by atoms with Crippen LogP contribution in [0.5, 0.6) is 5.88 Å². The lowest BCUT2D eigenvalue weighted by molar-refractivity contribution is 0.232. The van der Waals surface area contributed by atoms with Crippen LogP contribution in [0.15, 0.2) is 12.4 Å². The van der Waals surface area contributed by atoms with Gasteiger partial charge in [-0.3, -0.25) is 0 Å². The van der Waals surface area contributed by atoms with Gasteiger partial charge >= 0.3 is 0 Å². The molecule has 90 valence electrons. The van der Waals surface area contributed by atoms with Crippen LogP contribution in [0.1, 0.15) is 20.8 Å². The second-order valence-electron chi connectivity index (χ2n) is 4.05. The molecule has 0 aliphatic carbocycles. The van der Waals surface area contributed by atoms with Crippen LogP contribution in [0, 0.1) is 5.92 Å². The van der Waals surface area contributed by atoms with Gasteiger partial charge in [0.1, 0.15) is 12.1 Å². The van der Waals surface area contributed by atoms with E-state index in [9.17, 15) is 0 Å². The molecule has 5 heteroatoms. The molecule has 4 nitrogen and oxygen atoms in total. The van der Waals surface area contributed by atoms with Gasteiger partial charge in [-0.25, -0.2) is 9.97 Å². The zero-order valence-electron chi connectivity index (χ0n) is 9.90. The third kappa shape index (κ3) is 4.66. The molecule has 0 bridgehead atoms. The zero-order chi connectivity index (χ0) is 12.0. The topological polar surface area (TPSA) is 47.0 Å². The van der Waals surface area contributed by atoms with E-state index in [1.165, 1.54) is 6.33 Å². The van der Waals surface area contributed by atoms with Gasteiger partial charge in [-0.05, 0) is 19.8 Å². The van der Waals surface area contributed by atoms with Gasteiger partial charge in [-0.1, -0.05) is 6.92 Å². The number of rotatable bonds is 6. The molecular formula is C11H18ClN3O. The molecule has 0 radical (unpaired) electrons. The fourth-order valence-corrected chi connectivity index (χ4v) is 1.18. The third-order valence-electron chi connectivity index (χ3n) is 1.89. The average Bonchev–Trinajstić information content (AvgIpc) is 2.25. The highest BCUT2D eigenvalue weighted by Gasteiger charge is 2.03. The van der Waals surface area contributed by atoms with Gasteiger partial charge in [0.25, 0.3) is 0 Å². The Bertz CT molecular complexity index is 320. The minimum atomic E-state index is 0.115. The fraction of sp³-hybridized carbons (Fsp3) is 0.636. The second kappa shape index (κ2) is 6.53. The summed E-state index contributed by atoms with van der Waals surface area (Å²) >= 11 is 5.72. The van der Waals surface area contributed by atoms with E-state index < -0.39 is 0 Å². The number of nitrogens with one attached hydrogen (secondary N) is 1. The van der Waals surface area contributed by atoms with Crippen LogP contribution in [-0.4, -0.2) is 28.5 Å². The number of ether oxygens (including phenoxy) is 1. The summed E-state index contributed by atoms with van der Waals surface area (Å²) in [7, 11) is 0. The van der Waals surface area contributed by atoms with E-state index in [2.05, 4.69) is 22.2 Å². The Balaban J connectivity index is 2.53. The molecule has 1 rings (SSSR count). The van der Waals surface area contributed by atoms with E-state index in [1.54, 1.807) is 6.07 Å².